The van der Waals surface area contributed by atoms with Crippen LogP contribution in [0.4, 0.5) is 5.69 Å². The largest absolute Gasteiger partial charge is 0.445 e. The lowest BCUT2D eigenvalue weighted by Crippen LogP contribution is -2.51. The molecule has 0 atom stereocenters. The van der Waals surface area contributed by atoms with E-state index in [4.69, 9.17) is 4.42 Å². The molecule has 1 aliphatic rings. The van der Waals surface area contributed by atoms with Gasteiger partial charge in [0, 0.05) is 37.5 Å². The maximum atomic E-state index is 13.2. The van der Waals surface area contributed by atoms with Gasteiger partial charge in [0.2, 0.25) is 5.91 Å². The molecular formula is C24H28N4O2. The smallest absolute Gasteiger partial charge is 0.248 e. The van der Waals surface area contributed by atoms with Gasteiger partial charge in [-0.2, -0.15) is 0 Å². The van der Waals surface area contributed by atoms with Gasteiger partial charge in [-0.15, -0.1) is 0 Å². The van der Waals surface area contributed by atoms with E-state index in [2.05, 4.69) is 21.4 Å². The normalized spacial score (nSPS) is 13.8. The number of hydrogen-bond acceptors (Lipinski definition) is 5. The highest BCUT2D eigenvalue weighted by molar-refractivity contribution is 5.88. The molecule has 1 N–H and O–H groups in total. The number of aromatic nitrogens is 2. The third-order valence-corrected chi connectivity index (χ3v) is 5.45. The number of anilines is 1. The van der Waals surface area contributed by atoms with Crippen molar-refractivity contribution in [2.24, 2.45) is 0 Å². The summed E-state index contributed by atoms with van der Waals surface area (Å²) in [6.07, 6.45) is 5.90. The second-order valence-corrected chi connectivity index (χ2v) is 8.43. The minimum absolute atomic E-state index is 0.0636. The summed E-state index contributed by atoms with van der Waals surface area (Å²) in [7, 11) is 0. The van der Waals surface area contributed by atoms with Crippen molar-refractivity contribution < 1.29 is 9.21 Å². The van der Waals surface area contributed by atoms with Gasteiger partial charge in [0.25, 0.3) is 0 Å². The van der Waals surface area contributed by atoms with Crippen molar-refractivity contribution in [3.05, 3.63) is 77.3 Å². The number of fused-ring (bicyclic) bond motifs is 1. The Morgan fingerprint density at radius 3 is 2.73 bits per heavy atom. The molecule has 30 heavy (non-hydrogen) atoms. The van der Waals surface area contributed by atoms with E-state index in [1.807, 2.05) is 62.2 Å². The van der Waals surface area contributed by atoms with Crippen LogP contribution in [0.5, 0.6) is 0 Å². The van der Waals surface area contributed by atoms with Crippen LogP contribution < -0.4 is 5.32 Å². The van der Waals surface area contributed by atoms with E-state index in [0.29, 0.717) is 19.5 Å². The van der Waals surface area contributed by atoms with E-state index in [-0.39, 0.29) is 5.91 Å². The van der Waals surface area contributed by atoms with Crippen molar-refractivity contribution in [1.29, 1.82) is 0 Å². The summed E-state index contributed by atoms with van der Waals surface area (Å²) in [6, 6.07) is 12.1. The molecule has 3 aromatic rings. The fourth-order valence-electron chi connectivity index (χ4n) is 3.78. The number of pyridine rings is 1. The van der Waals surface area contributed by atoms with Gasteiger partial charge in [-0.1, -0.05) is 23.8 Å². The summed E-state index contributed by atoms with van der Waals surface area (Å²) in [5.41, 5.74) is 3.46. The Morgan fingerprint density at radius 1 is 1.20 bits per heavy atom. The van der Waals surface area contributed by atoms with E-state index >= 15 is 0 Å². The molecule has 1 aliphatic heterocycles. The van der Waals surface area contributed by atoms with Crippen molar-refractivity contribution >= 4 is 11.6 Å². The molecule has 2 aromatic heterocycles. The van der Waals surface area contributed by atoms with Crippen LogP contribution in [0.15, 0.2) is 53.2 Å². The molecule has 1 aromatic carbocycles. The zero-order valence-corrected chi connectivity index (χ0v) is 17.8. The quantitative estimate of drug-likeness (QED) is 0.674. The minimum atomic E-state index is -0.709. The number of oxazole rings is 1. The standard InChI is InChI=1S/C24H28N4O2/c1-17-6-9-19(10-7-17)27-24(2,3)23(29)28-14-12-21-20(16-28)26-22(30-21)11-8-18-5-4-13-25-15-18/h4-7,9-10,13,15,27H,8,11-12,14,16H2,1-3H3. The molecule has 1 amide bonds. The molecule has 0 spiro atoms. The van der Waals surface area contributed by atoms with E-state index < -0.39 is 5.54 Å². The third-order valence-electron chi connectivity index (χ3n) is 5.45. The van der Waals surface area contributed by atoms with Crippen LogP contribution in [0, 0.1) is 6.92 Å². The number of nitrogens with zero attached hydrogens (tertiary/aromatic N) is 3. The summed E-state index contributed by atoms with van der Waals surface area (Å²) >= 11 is 0. The SMILES string of the molecule is Cc1ccc(NC(C)(C)C(=O)N2CCc3oc(CCc4cccnc4)nc3C2)cc1. The number of benzene rings is 1. The second kappa shape index (κ2) is 8.30. The molecule has 0 bridgehead atoms. The van der Waals surface area contributed by atoms with Crippen molar-refractivity contribution in [1.82, 2.24) is 14.9 Å². The van der Waals surface area contributed by atoms with Crippen molar-refractivity contribution in [3.8, 4) is 0 Å². The maximum Gasteiger partial charge on any atom is 0.248 e. The summed E-state index contributed by atoms with van der Waals surface area (Å²) in [5, 5.41) is 3.37. The molecule has 0 saturated heterocycles. The Morgan fingerprint density at radius 2 is 2.00 bits per heavy atom. The van der Waals surface area contributed by atoms with E-state index in [1.54, 1.807) is 6.20 Å². The molecule has 0 unspecified atom stereocenters. The Kier molecular flexibility index (Phi) is 5.57. The number of nitrogens with one attached hydrogen (secondary N) is 1. The van der Waals surface area contributed by atoms with Gasteiger partial charge in [-0.3, -0.25) is 9.78 Å². The van der Waals surface area contributed by atoms with Gasteiger partial charge in [-0.25, -0.2) is 4.98 Å². The van der Waals surface area contributed by atoms with E-state index in [9.17, 15) is 4.79 Å². The number of aryl methyl sites for hydroxylation is 3. The number of hydrogen-bond donors (Lipinski definition) is 1. The number of carbonyl (C=O) groups excluding carboxylic acids is 1. The molecule has 6 heteroatoms. The summed E-state index contributed by atoms with van der Waals surface area (Å²) < 4.78 is 5.96. The van der Waals surface area contributed by atoms with Gasteiger partial charge >= 0.3 is 0 Å². The first-order chi connectivity index (χ1) is 14.4. The molecule has 0 aliphatic carbocycles. The zero-order valence-electron chi connectivity index (χ0n) is 17.8. The van der Waals surface area contributed by atoms with Gasteiger partial charge in [0.15, 0.2) is 5.89 Å². The molecule has 4 rings (SSSR count). The number of amides is 1. The molecule has 0 saturated carbocycles. The van der Waals surface area contributed by atoms with Crippen LogP contribution in [-0.4, -0.2) is 32.9 Å². The molecule has 3 heterocycles. The fourth-order valence-corrected chi connectivity index (χ4v) is 3.78. The first kappa shape index (κ1) is 20.1. The second-order valence-electron chi connectivity index (χ2n) is 8.43. The van der Waals surface area contributed by atoms with Gasteiger partial charge < -0.3 is 14.6 Å². The lowest BCUT2D eigenvalue weighted by atomic mass is 10.0. The monoisotopic (exact) mass is 404 g/mol. The Bertz CT molecular complexity index is 1010. The minimum Gasteiger partial charge on any atom is -0.445 e. The van der Waals surface area contributed by atoms with Crippen LogP contribution in [0.25, 0.3) is 0 Å². The average Bonchev–Trinajstić information content (AvgIpc) is 3.16. The summed E-state index contributed by atoms with van der Waals surface area (Å²) in [4.78, 5) is 23.9. The summed E-state index contributed by atoms with van der Waals surface area (Å²) in [6.45, 7) is 7.03. The molecular weight excluding hydrogens is 376 g/mol. The van der Waals surface area contributed by atoms with E-state index in [0.717, 1.165) is 41.4 Å². The highest BCUT2D eigenvalue weighted by atomic mass is 16.4. The van der Waals surface area contributed by atoms with Crippen molar-refractivity contribution in [2.45, 2.75) is 52.1 Å². The Hall–Kier alpha value is -3.15. The first-order valence-electron chi connectivity index (χ1n) is 10.4. The topological polar surface area (TPSA) is 71.3 Å². The van der Waals surface area contributed by atoms with Crippen LogP contribution >= 0.6 is 0 Å². The first-order valence-corrected chi connectivity index (χ1v) is 10.4. The average molecular weight is 405 g/mol. The number of rotatable bonds is 6. The maximum absolute atomic E-state index is 13.2. The predicted molar refractivity (Wildman–Crippen MR) is 116 cm³/mol. The summed E-state index contributed by atoms with van der Waals surface area (Å²) in [5.74, 6) is 1.70. The Balaban J connectivity index is 1.40. The van der Waals surface area contributed by atoms with E-state index in [1.165, 1.54) is 5.56 Å². The highest BCUT2D eigenvalue weighted by Gasteiger charge is 2.35. The molecule has 0 fully saturated rings. The fraction of sp³-hybridized carbons (Fsp3) is 0.375. The van der Waals surface area contributed by atoms with Crippen LogP contribution in [-0.2, 0) is 30.6 Å². The number of carbonyl (C=O) groups is 1. The van der Waals surface area contributed by atoms with Gasteiger partial charge in [0.1, 0.15) is 17.0 Å². The van der Waals surface area contributed by atoms with Gasteiger partial charge in [-0.05, 0) is 51.0 Å². The predicted octanol–water partition coefficient (Wildman–Crippen LogP) is 3.94. The molecule has 156 valence electrons. The van der Waals surface area contributed by atoms with Crippen LogP contribution in [0.1, 0.15) is 42.3 Å². The van der Waals surface area contributed by atoms with Crippen LogP contribution in [0.3, 0.4) is 0 Å². The van der Waals surface area contributed by atoms with Gasteiger partial charge in [0.05, 0.1) is 6.54 Å². The molecule has 6 nitrogen and oxygen atoms in total. The third kappa shape index (κ3) is 4.53. The molecule has 0 radical (unpaired) electrons. The Labute approximate surface area is 177 Å². The lowest BCUT2D eigenvalue weighted by molar-refractivity contribution is -0.136. The van der Waals surface area contributed by atoms with Crippen molar-refractivity contribution in [2.75, 3.05) is 11.9 Å². The highest BCUT2D eigenvalue weighted by Crippen LogP contribution is 2.24. The lowest BCUT2D eigenvalue weighted by Gasteiger charge is -2.34. The van der Waals surface area contributed by atoms with Crippen LogP contribution in [0.2, 0.25) is 0 Å². The van der Waals surface area contributed by atoms with Crippen molar-refractivity contribution in [3.63, 3.8) is 0 Å². The zero-order chi connectivity index (χ0) is 21.1.